The number of aromatic nitrogens is 2. The van der Waals surface area contributed by atoms with E-state index in [-0.39, 0.29) is 0 Å². The van der Waals surface area contributed by atoms with Crippen LogP contribution in [0.5, 0.6) is 0 Å². The molecule has 11 heavy (non-hydrogen) atoms. The Balaban J connectivity index is 2.50. The molecule has 0 amide bonds. The fourth-order valence-electron chi connectivity index (χ4n) is 1.33. The fraction of sp³-hybridized carbons (Fsp3) is 0.571. The van der Waals surface area contributed by atoms with Crippen molar-refractivity contribution in [2.75, 3.05) is 5.73 Å². The van der Waals surface area contributed by atoms with Crippen LogP contribution in [-0.4, -0.2) is 9.78 Å². The molecule has 0 atom stereocenters. The molecule has 1 aromatic rings. The van der Waals surface area contributed by atoms with E-state index in [0.717, 1.165) is 9.49 Å². The van der Waals surface area contributed by atoms with Crippen LogP contribution >= 0.6 is 22.6 Å². The molecule has 1 aliphatic rings. The number of nitrogens with zero attached hydrogens (tertiary/aromatic N) is 2. The molecule has 0 unspecified atom stereocenters. The van der Waals surface area contributed by atoms with E-state index in [1.54, 1.807) is 0 Å². The number of hydrogen-bond donors (Lipinski definition) is 1. The maximum Gasteiger partial charge on any atom is 0.159 e. The first-order valence-electron chi connectivity index (χ1n) is 3.68. The largest absolute Gasteiger partial charge is 0.381 e. The number of anilines is 1. The molecule has 1 aromatic heterocycles. The third kappa shape index (κ3) is 1.13. The fourth-order valence-corrected chi connectivity index (χ4v) is 2.23. The highest BCUT2D eigenvalue weighted by Crippen LogP contribution is 2.42. The minimum atomic E-state index is 0.676. The monoisotopic (exact) mass is 263 g/mol. The summed E-state index contributed by atoms with van der Waals surface area (Å²) in [5, 5.41) is 4.16. The van der Waals surface area contributed by atoms with Gasteiger partial charge in [-0.2, -0.15) is 5.10 Å². The molecule has 1 aliphatic carbocycles. The molecular formula is C7H10IN3. The van der Waals surface area contributed by atoms with Crippen LogP contribution in [0, 0.1) is 3.57 Å². The molecule has 1 heterocycles. The molecule has 2 N–H and O–H groups in total. The molecule has 0 spiro atoms. The van der Waals surface area contributed by atoms with Crippen LogP contribution in [0.1, 0.15) is 24.5 Å². The van der Waals surface area contributed by atoms with Crippen LogP contribution < -0.4 is 5.73 Å². The average Bonchev–Trinajstić information content (AvgIpc) is 2.68. The second-order valence-electron chi connectivity index (χ2n) is 2.98. The molecule has 0 saturated heterocycles. The van der Waals surface area contributed by atoms with E-state index in [0.29, 0.717) is 5.82 Å². The summed E-state index contributed by atoms with van der Waals surface area (Å²) in [6.45, 7) is 0. The first kappa shape index (κ1) is 7.39. The highest BCUT2D eigenvalue weighted by molar-refractivity contribution is 14.1. The first-order chi connectivity index (χ1) is 5.20. The molecule has 0 radical (unpaired) electrons. The lowest BCUT2D eigenvalue weighted by Gasteiger charge is -1.97. The van der Waals surface area contributed by atoms with Crippen molar-refractivity contribution < 1.29 is 0 Å². The molecule has 0 aliphatic heterocycles. The lowest BCUT2D eigenvalue weighted by atomic mass is 10.3. The number of hydrogen-bond acceptors (Lipinski definition) is 2. The summed E-state index contributed by atoms with van der Waals surface area (Å²) >= 11 is 2.27. The standard InChI is InChI=1S/C7H10IN3/c1-11-6(4-2-3-4)5(8)7(9)10-11/h4H,2-3H2,1H3,(H2,9,10). The summed E-state index contributed by atoms with van der Waals surface area (Å²) in [7, 11) is 1.96. The Morgan fingerprint density at radius 3 is 2.64 bits per heavy atom. The van der Waals surface area contributed by atoms with E-state index in [4.69, 9.17) is 5.73 Å². The lowest BCUT2D eigenvalue weighted by molar-refractivity contribution is 0.715. The van der Waals surface area contributed by atoms with E-state index in [9.17, 15) is 0 Å². The summed E-state index contributed by atoms with van der Waals surface area (Å²) < 4.78 is 3.06. The highest BCUT2D eigenvalue weighted by Gasteiger charge is 2.29. The van der Waals surface area contributed by atoms with Crippen molar-refractivity contribution in [3.05, 3.63) is 9.26 Å². The predicted molar refractivity (Wildman–Crippen MR) is 52.3 cm³/mol. The number of aryl methyl sites for hydroxylation is 1. The van der Waals surface area contributed by atoms with Gasteiger partial charge in [0, 0.05) is 13.0 Å². The molecule has 0 aromatic carbocycles. The van der Waals surface area contributed by atoms with Gasteiger partial charge in [0.2, 0.25) is 0 Å². The van der Waals surface area contributed by atoms with Crippen molar-refractivity contribution in [2.45, 2.75) is 18.8 Å². The molecule has 1 fully saturated rings. The van der Waals surface area contributed by atoms with E-state index < -0.39 is 0 Å². The van der Waals surface area contributed by atoms with Crippen molar-refractivity contribution in [2.24, 2.45) is 7.05 Å². The Labute approximate surface area is 79.1 Å². The van der Waals surface area contributed by atoms with Gasteiger partial charge in [-0.15, -0.1) is 0 Å². The second kappa shape index (κ2) is 2.36. The number of nitrogens with two attached hydrogens (primary N) is 1. The van der Waals surface area contributed by atoms with Gasteiger partial charge in [-0.3, -0.25) is 4.68 Å². The van der Waals surface area contributed by atoms with Gasteiger partial charge in [-0.05, 0) is 35.4 Å². The van der Waals surface area contributed by atoms with Crippen molar-refractivity contribution in [1.29, 1.82) is 0 Å². The van der Waals surface area contributed by atoms with Gasteiger partial charge < -0.3 is 5.73 Å². The maximum absolute atomic E-state index is 5.67. The van der Waals surface area contributed by atoms with Crippen LogP contribution in [-0.2, 0) is 7.05 Å². The van der Waals surface area contributed by atoms with Gasteiger partial charge in [0.15, 0.2) is 5.82 Å². The Morgan fingerprint density at radius 2 is 2.27 bits per heavy atom. The summed E-state index contributed by atoms with van der Waals surface area (Å²) in [6, 6.07) is 0. The molecule has 60 valence electrons. The Morgan fingerprint density at radius 1 is 1.64 bits per heavy atom. The summed E-state index contributed by atoms with van der Waals surface area (Å²) in [5.41, 5.74) is 6.99. The van der Waals surface area contributed by atoms with E-state index in [1.807, 2.05) is 11.7 Å². The Hall–Kier alpha value is -0.260. The second-order valence-corrected chi connectivity index (χ2v) is 4.06. The zero-order valence-corrected chi connectivity index (χ0v) is 8.50. The summed E-state index contributed by atoms with van der Waals surface area (Å²) in [6.07, 6.45) is 2.60. The van der Waals surface area contributed by atoms with Crippen LogP contribution in [0.15, 0.2) is 0 Å². The number of halogens is 1. The summed E-state index contributed by atoms with van der Waals surface area (Å²) in [5.74, 6) is 1.41. The van der Waals surface area contributed by atoms with Crippen molar-refractivity contribution in [1.82, 2.24) is 9.78 Å². The van der Waals surface area contributed by atoms with Crippen LogP contribution in [0.4, 0.5) is 5.82 Å². The van der Waals surface area contributed by atoms with E-state index in [2.05, 4.69) is 27.7 Å². The highest BCUT2D eigenvalue weighted by atomic mass is 127. The topological polar surface area (TPSA) is 43.8 Å². The van der Waals surface area contributed by atoms with Gasteiger partial charge in [0.05, 0.1) is 9.26 Å². The molecule has 3 nitrogen and oxygen atoms in total. The molecule has 1 saturated carbocycles. The molecular weight excluding hydrogens is 253 g/mol. The van der Waals surface area contributed by atoms with Crippen molar-refractivity contribution in [3.8, 4) is 0 Å². The third-order valence-electron chi connectivity index (χ3n) is 2.02. The van der Waals surface area contributed by atoms with Gasteiger partial charge >= 0.3 is 0 Å². The van der Waals surface area contributed by atoms with Crippen LogP contribution in [0.3, 0.4) is 0 Å². The minimum Gasteiger partial charge on any atom is -0.381 e. The van der Waals surface area contributed by atoms with Gasteiger partial charge in [0.25, 0.3) is 0 Å². The maximum atomic E-state index is 5.67. The zero-order valence-electron chi connectivity index (χ0n) is 6.34. The molecule has 0 bridgehead atoms. The predicted octanol–water partition coefficient (Wildman–Crippen LogP) is 1.48. The Bertz CT molecular complexity index is 288. The van der Waals surface area contributed by atoms with Gasteiger partial charge in [-0.1, -0.05) is 0 Å². The first-order valence-corrected chi connectivity index (χ1v) is 4.76. The third-order valence-corrected chi connectivity index (χ3v) is 3.13. The zero-order chi connectivity index (χ0) is 8.01. The van der Waals surface area contributed by atoms with E-state index >= 15 is 0 Å². The van der Waals surface area contributed by atoms with Crippen molar-refractivity contribution in [3.63, 3.8) is 0 Å². The number of nitrogen functional groups attached to an aromatic ring is 1. The van der Waals surface area contributed by atoms with Crippen LogP contribution in [0.2, 0.25) is 0 Å². The average molecular weight is 263 g/mol. The summed E-state index contributed by atoms with van der Waals surface area (Å²) in [4.78, 5) is 0. The number of rotatable bonds is 1. The minimum absolute atomic E-state index is 0.676. The van der Waals surface area contributed by atoms with Crippen molar-refractivity contribution >= 4 is 28.4 Å². The normalized spacial score (nSPS) is 17.3. The lowest BCUT2D eigenvalue weighted by Crippen LogP contribution is -1.96. The SMILES string of the molecule is Cn1nc(N)c(I)c1C1CC1. The van der Waals surface area contributed by atoms with Gasteiger partial charge in [-0.25, -0.2) is 0 Å². The Kier molecular flexibility index (Phi) is 1.59. The quantitative estimate of drug-likeness (QED) is 0.780. The van der Waals surface area contributed by atoms with Crippen LogP contribution in [0.25, 0.3) is 0 Å². The van der Waals surface area contributed by atoms with Gasteiger partial charge in [0.1, 0.15) is 0 Å². The molecule has 4 heteroatoms. The smallest absolute Gasteiger partial charge is 0.159 e. The molecule has 2 rings (SSSR count). The van der Waals surface area contributed by atoms with E-state index in [1.165, 1.54) is 18.5 Å².